The minimum absolute atomic E-state index is 0.0445. The molecule has 1 aromatic rings. The molecule has 0 aliphatic carbocycles. The number of nitrogens with zero attached hydrogens (tertiary/aromatic N) is 1. The number of carboxylic acids is 2. The average Bonchev–Trinajstić information content (AvgIpc) is 2.49. The van der Waals surface area contributed by atoms with Crippen LogP contribution in [0.2, 0.25) is 0 Å². The monoisotopic (exact) mass is 231 g/mol. The number of carbonyl (C=O) groups is 2. The zero-order valence-corrected chi connectivity index (χ0v) is 8.75. The Morgan fingerprint density at radius 3 is 2.59 bits per heavy atom. The van der Waals surface area contributed by atoms with Crippen molar-refractivity contribution in [3.63, 3.8) is 0 Å². The highest BCUT2D eigenvalue weighted by Crippen LogP contribution is 2.18. The second-order valence-electron chi connectivity index (χ2n) is 3.59. The third-order valence-corrected chi connectivity index (χ3v) is 2.48. The molecule has 0 bridgehead atoms. The molecule has 0 fully saturated rings. The summed E-state index contributed by atoms with van der Waals surface area (Å²) in [4.78, 5) is 25.4. The molecular formula is C12H9NO4. The maximum atomic E-state index is 10.8. The highest BCUT2D eigenvalue weighted by molar-refractivity contribution is 6.36. The first-order valence-corrected chi connectivity index (χ1v) is 4.90. The van der Waals surface area contributed by atoms with Gasteiger partial charge in [-0.3, -0.25) is 4.99 Å². The molecule has 0 radical (unpaired) electrons. The maximum absolute atomic E-state index is 10.8. The van der Waals surface area contributed by atoms with Crippen molar-refractivity contribution >= 4 is 23.7 Å². The number of rotatable bonds is 2. The highest BCUT2D eigenvalue weighted by Gasteiger charge is 2.15. The second-order valence-corrected chi connectivity index (χ2v) is 3.59. The van der Waals surface area contributed by atoms with Gasteiger partial charge in [0, 0.05) is 12.6 Å². The van der Waals surface area contributed by atoms with E-state index in [1.54, 1.807) is 12.1 Å². The largest absolute Gasteiger partial charge is 0.478 e. The fraction of sp³-hybridized carbons (Fsp3) is 0.0833. The van der Waals surface area contributed by atoms with Gasteiger partial charge in [0.05, 0.1) is 5.56 Å². The summed E-state index contributed by atoms with van der Waals surface area (Å²) < 4.78 is 0. The van der Waals surface area contributed by atoms with Crippen molar-refractivity contribution in [2.45, 2.75) is 6.42 Å². The van der Waals surface area contributed by atoms with Crippen LogP contribution in [0.25, 0.3) is 6.08 Å². The summed E-state index contributed by atoms with van der Waals surface area (Å²) in [7, 11) is 0. The Bertz CT molecular complexity index is 558. The van der Waals surface area contributed by atoms with Crippen LogP contribution in [0.3, 0.4) is 0 Å². The van der Waals surface area contributed by atoms with Gasteiger partial charge in [-0.1, -0.05) is 6.07 Å². The standard InChI is InChI=1S/C12H9NO4/c14-11(15)9-2-1-7-6-10(12(16)17)13-4-3-8(7)5-9/h1-5H,6H2,(H,14,15)(H,16,17). The Labute approximate surface area is 96.7 Å². The summed E-state index contributed by atoms with van der Waals surface area (Å²) in [6.45, 7) is 0. The van der Waals surface area contributed by atoms with Gasteiger partial charge in [-0.2, -0.15) is 0 Å². The third kappa shape index (κ3) is 2.23. The summed E-state index contributed by atoms with van der Waals surface area (Å²) in [6.07, 6.45) is 3.18. The van der Waals surface area contributed by atoms with Gasteiger partial charge in [-0.15, -0.1) is 0 Å². The van der Waals surface area contributed by atoms with E-state index in [1.807, 2.05) is 0 Å². The van der Waals surface area contributed by atoms with Crippen molar-refractivity contribution in [1.29, 1.82) is 0 Å². The minimum Gasteiger partial charge on any atom is -0.478 e. The molecule has 5 heteroatoms. The van der Waals surface area contributed by atoms with Crippen LogP contribution in [0.4, 0.5) is 0 Å². The molecule has 5 nitrogen and oxygen atoms in total. The molecule has 2 rings (SSSR count). The van der Waals surface area contributed by atoms with E-state index in [0.29, 0.717) is 5.56 Å². The van der Waals surface area contributed by atoms with E-state index in [1.165, 1.54) is 18.3 Å². The summed E-state index contributed by atoms with van der Waals surface area (Å²) in [5.41, 5.74) is 1.66. The van der Waals surface area contributed by atoms with Gasteiger partial charge >= 0.3 is 11.9 Å². The molecular weight excluding hydrogens is 222 g/mol. The predicted octanol–water partition coefficient (Wildman–Crippen LogP) is 1.44. The molecule has 0 saturated carbocycles. The molecule has 86 valence electrons. The van der Waals surface area contributed by atoms with Crippen molar-refractivity contribution in [3.8, 4) is 0 Å². The molecule has 1 aliphatic heterocycles. The number of aliphatic imine (C=N–C) groups is 1. The summed E-state index contributed by atoms with van der Waals surface area (Å²) in [5.74, 6) is -2.07. The van der Waals surface area contributed by atoms with Gasteiger partial charge in [0.15, 0.2) is 0 Å². The number of aliphatic carboxylic acids is 1. The number of benzene rings is 1. The van der Waals surface area contributed by atoms with E-state index in [9.17, 15) is 9.59 Å². The molecule has 1 heterocycles. The lowest BCUT2D eigenvalue weighted by atomic mass is 10.00. The maximum Gasteiger partial charge on any atom is 0.350 e. The lowest BCUT2D eigenvalue weighted by molar-refractivity contribution is -0.129. The van der Waals surface area contributed by atoms with E-state index in [-0.39, 0.29) is 17.7 Å². The van der Waals surface area contributed by atoms with Crippen molar-refractivity contribution in [3.05, 3.63) is 41.1 Å². The van der Waals surface area contributed by atoms with Gasteiger partial charge in [0.1, 0.15) is 5.71 Å². The molecule has 0 spiro atoms. The topological polar surface area (TPSA) is 87.0 Å². The SMILES string of the molecule is O=C(O)C1=NC=Cc2cc(C(=O)O)ccc2C1. The first kappa shape index (κ1) is 11.1. The Hall–Kier alpha value is -2.43. The van der Waals surface area contributed by atoms with Crippen LogP contribution >= 0.6 is 0 Å². The van der Waals surface area contributed by atoms with E-state index < -0.39 is 11.9 Å². The van der Waals surface area contributed by atoms with Crippen LogP contribution in [-0.2, 0) is 11.2 Å². The fourth-order valence-corrected chi connectivity index (χ4v) is 1.61. The van der Waals surface area contributed by atoms with Gasteiger partial charge in [-0.05, 0) is 29.3 Å². The first-order valence-electron chi connectivity index (χ1n) is 4.90. The molecule has 0 amide bonds. The van der Waals surface area contributed by atoms with Crippen LogP contribution in [0.15, 0.2) is 29.4 Å². The molecule has 0 saturated heterocycles. The molecule has 0 unspecified atom stereocenters. The minimum atomic E-state index is -1.06. The number of carboxylic acid groups (broad SMARTS) is 2. The molecule has 17 heavy (non-hydrogen) atoms. The number of aromatic carboxylic acids is 1. The first-order chi connectivity index (χ1) is 8.08. The zero-order chi connectivity index (χ0) is 12.4. The van der Waals surface area contributed by atoms with E-state index in [0.717, 1.165) is 5.56 Å². The van der Waals surface area contributed by atoms with Gasteiger partial charge in [0.25, 0.3) is 0 Å². The molecule has 0 atom stereocenters. The molecule has 1 aromatic carbocycles. The van der Waals surface area contributed by atoms with E-state index in [2.05, 4.69) is 4.99 Å². The van der Waals surface area contributed by atoms with Crippen molar-refractivity contribution < 1.29 is 19.8 Å². The van der Waals surface area contributed by atoms with Crippen LogP contribution in [-0.4, -0.2) is 27.9 Å². The lowest BCUT2D eigenvalue weighted by Gasteiger charge is -2.05. The van der Waals surface area contributed by atoms with Crippen molar-refractivity contribution in [2.75, 3.05) is 0 Å². The Morgan fingerprint density at radius 1 is 1.18 bits per heavy atom. The predicted molar refractivity (Wildman–Crippen MR) is 61.2 cm³/mol. The quantitative estimate of drug-likeness (QED) is 0.806. The summed E-state index contributed by atoms with van der Waals surface area (Å²) >= 11 is 0. The molecule has 1 aliphatic rings. The zero-order valence-electron chi connectivity index (χ0n) is 8.75. The summed E-state index contributed by atoms with van der Waals surface area (Å²) in [5, 5.41) is 17.7. The van der Waals surface area contributed by atoms with Crippen LogP contribution in [0.5, 0.6) is 0 Å². The lowest BCUT2D eigenvalue weighted by Crippen LogP contribution is -2.15. The van der Waals surface area contributed by atoms with Crippen molar-refractivity contribution in [1.82, 2.24) is 0 Å². The number of fused-ring (bicyclic) bond motifs is 1. The van der Waals surface area contributed by atoms with Crippen molar-refractivity contribution in [2.24, 2.45) is 4.99 Å². The van der Waals surface area contributed by atoms with Gasteiger partial charge in [-0.25, -0.2) is 9.59 Å². The average molecular weight is 231 g/mol. The number of hydrogen-bond donors (Lipinski definition) is 2. The van der Waals surface area contributed by atoms with E-state index in [4.69, 9.17) is 10.2 Å². The van der Waals surface area contributed by atoms with Gasteiger partial charge in [0.2, 0.25) is 0 Å². The molecule has 0 aromatic heterocycles. The Kier molecular flexibility index (Phi) is 2.74. The second kappa shape index (κ2) is 4.21. The Morgan fingerprint density at radius 2 is 1.94 bits per heavy atom. The molecule has 2 N–H and O–H groups in total. The van der Waals surface area contributed by atoms with Gasteiger partial charge < -0.3 is 10.2 Å². The van der Waals surface area contributed by atoms with Crippen LogP contribution in [0, 0.1) is 0 Å². The van der Waals surface area contributed by atoms with E-state index >= 15 is 0 Å². The third-order valence-electron chi connectivity index (χ3n) is 2.48. The van der Waals surface area contributed by atoms with Crippen LogP contribution in [0.1, 0.15) is 21.5 Å². The normalized spacial score (nSPS) is 13.5. The number of hydrogen-bond acceptors (Lipinski definition) is 3. The fourth-order valence-electron chi connectivity index (χ4n) is 1.61. The highest BCUT2D eigenvalue weighted by atomic mass is 16.4. The summed E-state index contributed by atoms with van der Waals surface area (Å²) in [6, 6.07) is 4.58. The smallest absolute Gasteiger partial charge is 0.350 e. The Balaban J connectivity index is 2.43. The van der Waals surface area contributed by atoms with Crippen LogP contribution < -0.4 is 0 Å².